The second-order valence-corrected chi connectivity index (χ2v) is 10.4. The molecule has 0 spiro atoms. The summed E-state index contributed by atoms with van der Waals surface area (Å²) < 4.78 is 0. The molecule has 0 aromatic heterocycles. The van der Waals surface area contributed by atoms with Gasteiger partial charge in [0.2, 0.25) is 0 Å². The van der Waals surface area contributed by atoms with Gasteiger partial charge in [-0.15, -0.1) is 0 Å². The summed E-state index contributed by atoms with van der Waals surface area (Å²) in [6, 6.07) is 41.6. The Morgan fingerprint density at radius 2 is 0.850 bits per heavy atom. The Hall–Kier alpha value is -4.62. The van der Waals surface area contributed by atoms with Crippen LogP contribution in [0.1, 0.15) is 51.4 Å². The third-order valence-electron chi connectivity index (χ3n) is 7.32. The van der Waals surface area contributed by atoms with Gasteiger partial charge in [0.25, 0.3) is 0 Å². The number of para-hydroxylation sites is 1. The molecule has 0 amide bonds. The lowest BCUT2D eigenvalue weighted by Gasteiger charge is -2.29. The Kier molecular flexibility index (Phi) is 8.42. The van der Waals surface area contributed by atoms with E-state index >= 15 is 0 Å². The third kappa shape index (κ3) is 6.50. The maximum atomic E-state index is 2.40. The SMILES string of the molecule is CCc1cccc(C)c1N(c1ccc(C=Cc2ccc(C)cc2)cc1)c1ccc(C=Cc2ccc(C)cc2)cc1. The molecule has 0 unspecified atom stereocenters. The lowest BCUT2D eigenvalue weighted by Crippen LogP contribution is -2.13. The molecule has 0 aliphatic heterocycles. The van der Waals surface area contributed by atoms with E-state index in [1.54, 1.807) is 0 Å². The molecule has 0 saturated heterocycles. The molecule has 40 heavy (non-hydrogen) atoms. The fraction of sp³-hybridized carbons (Fsp3) is 0.128. The first-order chi connectivity index (χ1) is 19.5. The van der Waals surface area contributed by atoms with Gasteiger partial charge in [0, 0.05) is 11.4 Å². The average molecular weight is 520 g/mol. The van der Waals surface area contributed by atoms with Crippen LogP contribution >= 0.6 is 0 Å². The van der Waals surface area contributed by atoms with E-state index in [-0.39, 0.29) is 0 Å². The molecule has 0 atom stereocenters. The largest absolute Gasteiger partial charge is 0.310 e. The van der Waals surface area contributed by atoms with Gasteiger partial charge in [-0.2, -0.15) is 0 Å². The fourth-order valence-electron chi connectivity index (χ4n) is 4.94. The first-order valence-electron chi connectivity index (χ1n) is 14.1. The van der Waals surface area contributed by atoms with Crippen molar-refractivity contribution < 1.29 is 0 Å². The molecular formula is C39H37N. The van der Waals surface area contributed by atoms with Gasteiger partial charge in [-0.25, -0.2) is 0 Å². The summed E-state index contributed by atoms with van der Waals surface area (Å²) in [6.07, 6.45) is 9.68. The van der Waals surface area contributed by atoms with Crippen molar-refractivity contribution in [2.45, 2.75) is 34.1 Å². The first-order valence-corrected chi connectivity index (χ1v) is 14.1. The second-order valence-electron chi connectivity index (χ2n) is 10.4. The number of aryl methyl sites for hydroxylation is 4. The summed E-state index contributed by atoms with van der Waals surface area (Å²) in [4.78, 5) is 2.40. The normalized spacial score (nSPS) is 11.4. The molecule has 0 fully saturated rings. The van der Waals surface area contributed by atoms with Crippen LogP contribution in [0.15, 0.2) is 115 Å². The van der Waals surface area contributed by atoms with E-state index in [1.165, 1.54) is 50.2 Å². The Morgan fingerprint density at radius 3 is 1.23 bits per heavy atom. The third-order valence-corrected chi connectivity index (χ3v) is 7.32. The number of nitrogens with zero attached hydrogens (tertiary/aromatic N) is 1. The Morgan fingerprint density at radius 1 is 0.475 bits per heavy atom. The predicted molar refractivity (Wildman–Crippen MR) is 175 cm³/mol. The average Bonchev–Trinajstić information content (AvgIpc) is 2.99. The van der Waals surface area contributed by atoms with Crippen molar-refractivity contribution in [3.8, 4) is 0 Å². The van der Waals surface area contributed by atoms with Crippen LogP contribution in [-0.2, 0) is 6.42 Å². The van der Waals surface area contributed by atoms with Crippen LogP contribution in [0.5, 0.6) is 0 Å². The van der Waals surface area contributed by atoms with E-state index in [4.69, 9.17) is 0 Å². The molecule has 198 valence electrons. The number of anilines is 3. The molecule has 5 aromatic rings. The topological polar surface area (TPSA) is 3.24 Å². The Balaban J connectivity index is 1.46. The smallest absolute Gasteiger partial charge is 0.0522 e. The zero-order valence-electron chi connectivity index (χ0n) is 23.9. The van der Waals surface area contributed by atoms with Crippen molar-refractivity contribution >= 4 is 41.4 Å². The predicted octanol–water partition coefficient (Wildman–Crippen LogP) is 11.0. The monoisotopic (exact) mass is 519 g/mol. The zero-order valence-corrected chi connectivity index (χ0v) is 23.9. The van der Waals surface area contributed by atoms with Crippen LogP contribution in [0.4, 0.5) is 17.1 Å². The van der Waals surface area contributed by atoms with E-state index in [9.17, 15) is 0 Å². The lowest BCUT2D eigenvalue weighted by molar-refractivity contribution is 1.10. The minimum Gasteiger partial charge on any atom is -0.310 e. The minimum atomic E-state index is 0.974. The molecular weight excluding hydrogens is 482 g/mol. The van der Waals surface area contributed by atoms with Crippen LogP contribution < -0.4 is 4.90 Å². The highest BCUT2D eigenvalue weighted by molar-refractivity contribution is 5.82. The summed E-state index contributed by atoms with van der Waals surface area (Å²) in [5, 5.41) is 0. The molecule has 1 heteroatoms. The quantitative estimate of drug-likeness (QED) is 0.184. The Bertz CT molecular complexity index is 1500. The van der Waals surface area contributed by atoms with Crippen molar-refractivity contribution in [3.63, 3.8) is 0 Å². The molecule has 5 rings (SSSR count). The van der Waals surface area contributed by atoms with Gasteiger partial charge < -0.3 is 4.90 Å². The molecule has 0 N–H and O–H groups in total. The first kappa shape index (κ1) is 27.0. The van der Waals surface area contributed by atoms with E-state index in [1.807, 2.05) is 0 Å². The molecule has 1 nitrogen and oxygen atoms in total. The summed E-state index contributed by atoms with van der Waals surface area (Å²) in [5.41, 5.74) is 13.5. The van der Waals surface area contributed by atoms with Crippen LogP contribution in [0.3, 0.4) is 0 Å². The summed E-state index contributed by atoms with van der Waals surface area (Å²) >= 11 is 0. The lowest BCUT2D eigenvalue weighted by atomic mass is 10.0. The maximum Gasteiger partial charge on any atom is 0.0522 e. The van der Waals surface area contributed by atoms with Crippen LogP contribution in [0.2, 0.25) is 0 Å². The van der Waals surface area contributed by atoms with Crippen molar-refractivity contribution in [2.75, 3.05) is 4.90 Å². The van der Waals surface area contributed by atoms with Gasteiger partial charge in [-0.3, -0.25) is 0 Å². The van der Waals surface area contributed by atoms with Crippen LogP contribution in [-0.4, -0.2) is 0 Å². The van der Waals surface area contributed by atoms with Crippen molar-refractivity contribution in [1.29, 1.82) is 0 Å². The number of rotatable bonds is 8. The summed E-state index contributed by atoms with van der Waals surface area (Å²) in [7, 11) is 0. The second kappa shape index (κ2) is 12.5. The number of benzene rings is 5. The van der Waals surface area contributed by atoms with E-state index < -0.39 is 0 Å². The van der Waals surface area contributed by atoms with E-state index in [0.717, 1.165) is 17.8 Å². The van der Waals surface area contributed by atoms with Crippen molar-refractivity contribution in [2.24, 2.45) is 0 Å². The van der Waals surface area contributed by atoms with Gasteiger partial charge in [0.05, 0.1) is 5.69 Å². The Labute approximate surface area is 239 Å². The van der Waals surface area contributed by atoms with Gasteiger partial charge in [0.15, 0.2) is 0 Å². The van der Waals surface area contributed by atoms with Crippen molar-refractivity contribution in [1.82, 2.24) is 0 Å². The van der Waals surface area contributed by atoms with Crippen LogP contribution in [0, 0.1) is 20.8 Å². The van der Waals surface area contributed by atoms with Crippen LogP contribution in [0.25, 0.3) is 24.3 Å². The van der Waals surface area contributed by atoms with Gasteiger partial charge in [-0.05, 0) is 84.8 Å². The van der Waals surface area contributed by atoms with Gasteiger partial charge >= 0.3 is 0 Å². The molecule has 0 radical (unpaired) electrons. The highest BCUT2D eigenvalue weighted by atomic mass is 15.1. The molecule has 5 aromatic carbocycles. The molecule has 0 aliphatic carbocycles. The van der Waals surface area contributed by atoms with Crippen molar-refractivity contribution in [3.05, 3.63) is 160 Å². The number of hydrogen-bond donors (Lipinski definition) is 0. The molecule has 0 aliphatic rings. The highest BCUT2D eigenvalue weighted by Crippen LogP contribution is 2.39. The minimum absolute atomic E-state index is 0.974. The summed E-state index contributed by atoms with van der Waals surface area (Å²) in [5.74, 6) is 0. The number of hydrogen-bond acceptors (Lipinski definition) is 1. The zero-order chi connectivity index (χ0) is 27.9. The van der Waals surface area contributed by atoms with Gasteiger partial charge in [0.1, 0.15) is 0 Å². The van der Waals surface area contributed by atoms with E-state index in [2.05, 4.69) is 172 Å². The molecule has 0 saturated carbocycles. The summed E-state index contributed by atoms with van der Waals surface area (Å²) in [6.45, 7) is 8.67. The highest BCUT2D eigenvalue weighted by Gasteiger charge is 2.17. The fourth-order valence-corrected chi connectivity index (χ4v) is 4.94. The standard InChI is InChI=1S/C39H37N/c1-5-36-8-6-7-31(4)39(36)40(37-25-21-34(22-26-37)19-17-32-13-9-29(2)10-14-32)38-27-23-35(24-28-38)20-18-33-15-11-30(3)12-16-33/h6-28H,5H2,1-4H3. The maximum absolute atomic E-state index is 2.40. The molecule has 0 heterocycles. The van der Waals surface area contributed by atoms with Gasteiger partial charge in [-0.1, -0.05) is 133 Å². The van der Waals surface area contributed by atoms with E-state index in [0.29, 0.717) is 0 Å². The molecule has 0 bridgehead atoms.